The van der Waals surface area contributed by atoms with Crippen LogP contribution in [0.25, 0.3) is 12.2 Å². The van der Waals surface area contributed by atoms with Gasteiger partial charge in [-0.15, -0.1) is 0 Å². The zero-order valence-electron chi connectivity index (χ0n) is 10.7. The van der Waals surface area contributed by atoms with Gasteiger partial charge in [-0.05, 0) is 35.4 Å². The molecule has 0 bridgehead atoms. The van der Waals surface area contributed by atoms with Gasteiger partial charge in [-0.1, -0.05) is 60.2 Å². The van der Waals surface area contributed by atoms with Gasteiger partial charge in [0.1, 0.15) is 5.75 Å². The molecule has 96 valence electrons. The summed E-state index contributed by atoms with van der Waals surface area (Å²) >= 11 is 5.83. The van der Waals surface area contributed by atoms with Crippen molar-refractivity contribution in [3.05, 3.63) is 76.8 Å². The summed E-state index contributed by atoms with van der Waals surface area (Å²) in [4.78, 5) is 0. The topological polar surface area (TPSA) is 9.23 Å². The molecule has 0 spiro atoms. The van der Waals surface area contributed by atoms with Crippen molar-refractivity contribution in [1.82, 2.24) is 0 Å². The number of benzene rings is 2. The van der Waals surface area contributed by atoms with E-state index in [2.05, 4.69) is 0 Å². The van der Waals surface area contributed by atoms with E-state index in [0.717, 1.165) is 21.9 Å². The molecule has 0 aliphatic rings. The molecule has 0 aliphatic heterocycles. The fraction of sp³-hybridized carbons (Fsp3) is 0.0588. The van der Waals surface area contributed by atoms with E-state index in [9.17, 15) is 0 Å². The average Bonchev–Trinajstić information content (AvgIpc) is 2.46. The third kappa shape index (κ3) is 4.31. The highest BCUT2D eigenvalue weighted by Gasteiger charge is 1.89. The van der Waals surface area contributed by atoms with Crippen molar-refractivity contribution in [3.8, 4) is 5.75 Å². The SMILES string of the molecule is COc1ccc(/C=C/C=C/c2ccc(Cl)cc2)cc1. The van der Waals surface area contributed by atoms with Crippen molar-refractivity contribution in [1.29, 1.82) is 0 Å². The minimum atomic E-state index is 0.755. The van der Waals surface area contributed by atoms with Crippen molar-refractivity contribution in [2.24, 2.45) is 0 Å². The lowest BCUT2D eigenvalue weighted by Gasteiger charge is -1.98. The Labute approximate surface area is 118 Å². The van der Waals surface area contributed by atoms with Gasteiger partial charge in [0.25, 0.3) is 0 Å². The largest absolute Gasteiger partial charge is 0.497 e. The predicted molar refractivity (Wildman–Crippen MR) is 82.5 cm³/mol. The first-order valence-electron chi connectivity index (χ1n) is 6.02. The minimum absolute atomic E-state index is 0.755. The van der Waals surface area contributed by atoms with E-state index in [0.29, 0.717) is 0 Å². The molecule has 0 amide bonds. The number of halogens is 1. The Balaban J connectivity index is 1.96. The first-order chi connectivity index (χ1) is 9.28. The maximum Gasteiger partial charge on any atom is 0.118 e. The fourth-order valence-corrected chi connectivity index (χ4v) is 1.75. The van der Waals surface area contributed by atoms with Gasteiger partial charge in [-0.3, -0.25) is 0 Å². The molecule has 2 aromatic carbocycles. The summed E-state index contributed by atoms with van der Waals surface area (Å²) < 4.78 is 5.11. The van der Waals surface area contributed by atoms with Gasteiger partial charge >= 0.3 is 0 Å². The van der Waals surface area contributed by atoms with Crippen LogP contribution in [-0.4, -0.2) is 7.11 Å². The second-order valence-electron chi connectivity index (χ2n) is 4.04. The first-order valence-corrected chi connectivity index (χ1v) is 6.40. The fourth-order valence-electron chi connectivity index (χ4n) is 1.62. The van der Waals surface area contributed by atoms with Gasteiger partial charge in [0, 0.05) is 5.02 Å². The van der Waals surface area contributed by atoms with Gasteiger partial charge < -0.3 is 4.74 Å². The summed E-state index contributed by atoms with van der Waals surface area (Å²) in [6.45, 7) is 0. The Morgan fingerprint density at radius 3 is 1.74 bits per heavy atom. The van der Waals surface area contributed by atoms with Gasteiger partial charge in [0.2, 0.25) is 0 Å². The van der Waals surface area contributed by atoms with E-state index in [-0.39, 0.29) is 0 Å². The van der Waals surface area contributed by atoms with Crippen molar-refractivity contribution in [2.75, 3.05) is 7.11 Å². The summed E-state index contributed by atoms with van der Waals surface area (Å²) in [6, 6.07) is 15.7. The standard InChI is InChI=1S/C17H15ClO/c1-19-17-12-8-15(9-13-17)5-3-2-4-14-6-10-16(18)11-7-14/h2-13H,1H3/b4-2+,5-3+. The number of rotatable bonds is 4. The highest BCUT2D eigenvalue weighted by Crippen LogP contribution is 2.13. The molecule has 0 aromatic heterocycles. The van der Waals surface area contributed by atoms with Crippen molar-refractivity contribution in [3.63, 3.8) is 0 Å². The van der Waals surface area contributed by atoms with E-state index in [1.165, 1.54) is 0 Å². The summed E-state index contributed by atoms with van der Waals surface area (Å²) in [5.41, 5.74) is 2.27. The molecule has 0 fully saturated rings. The van der Waals surface area contributed by atoms with Crippen LogP contribution in [0.2, 0.25) is 5.02 Å². The highest BCUT2D eigenvalue weighted by molar-refractivity contribution is 6.30. The molecule has 0 N–H and O–H groups in total. The van der Waals surface area contributed by atoms with Crippen LogP contribution in [0.3, 0.4) is 0 Å². The molecule has 2 rings (SSSR count). The van der Waals surface area contributed by atoms with E-state index >= 15 is 0 Å². The molecule has 0 unspecified atom stereocenters. The van der Waals surface area contributed by atoms with Crippen molar-refractivity contribution < 1.29 is 4.74 Å². The zero-order chi connectivity index (χ0) is 13.5. The van der Waals surface area contributed by atoms with Gasteiger partial charge in [0.05, 0.1) is 7.11 Å². The normalized spacial score (nSPS) is 11.3. The van der Waals surface area contributed by atoms with Crippen LogP contribution in [-0.2, 0) is 0 Å². The molecule has 2 heteroatoms. The minimum Gasteiger partial charge on any atom is -0.497 e. The smallest absolute Gasteiger partial charge is 0.118 e. The summed E-state index contributed by atoms with van der Waals surface area (Å²) in [6.07, 6.45) is 8.10. The number of hydrogen-bond donors (Lipinski definition) is 0. The van der Waals surface area contributed by atoms with Crippen LogP contribution in [0.1, 0.15) is 11.1 Å². The Morgan fingerprint density at radius 2 is 1.26 bits per heavy atom. The van der Waals surface area contributed by atoms with Gasteiger partial charge in [-0.25, -0.2) is 0 Å². The predicted octanol–water partition coefficient (Wildman–Crippen LogP) is 5.08. The van der Waals surface area contributed by atoms with Gasteiger partial charge in [-0.2, -0.15) is 0 Å². The number of hydrogen-bond acceptors (Lipinski definition) is 1. The average molecular weight is 271 g/mol. The molecule has 1 nitrogen and oxygen atoms in total. The molecular weight excluding hydrogens is 256 g/mol. The third-order valence-corrected chi connectivity index (χ3v) is 2.93. The van der Waals surface area contributed by atoms with Crippen LogP contribution in [0, 0.1) is 0 Å². The first kappa shape index (κ1) is 13.4. The molecule has 0 aliphatic carbocycles. The lowest BCUT2D eigenvalue weighted by molar-refractivity contribution is 0.415. The lowest BCUT2D eigenvalue weighted by Crippen LogP contribution is -1.81. The molecule has 2 aromatic rings. The van der Waals surface area contributed by atoms with Crippen molar-refractivity contribution >= 4 is 23.8 Å². The number of ether oxygens (including phenoxy) is 1. The maximum atomic E-state index is 5.83. The number of allylic oxidation sites excluding steroid dienone is 2. The Morgan fingerprint density at radius 1 is 0.789 bits per heavy atom. The molecule has 0 atom stereocenters. The molecule has 0 heterocycles. The van der Waals surface area contributed by atoms with Crippen LogP contribution in [0.15, 0.2) is 60.7 Å². The van der Waals surface area contributed by atoms with Crippen molar-refractivity contribution in [2.45, 2.75) is 0 Å². The highest BCUT2D eigenvalue weighted by atomic mass is 35.5. The second kappa shape index (κ2) is 6.81. The molecular formula is C17H15ClO. The maximum absolute atomic E-state index is 5.83. The quantitative estimate of drug-likeness (QED) is 0.705. The summed E-state index contributed by atoms with van der Waals surface area (Å²) in [5.74, 6) is 0.869. The van der Waals surface area contributed by atoms with Crippen LogP contribution in [0.5, 0.6) is 5.75 Å². The molecule has 0 saturated carbocycles. The zero-order valence-corrected chi connectivity index (χ0v) is 11.5. The number of methoxy groups -OCH3 is 1. The molecule has 0 radical (unpaired) electrons. The second-order valence-corrected chi connectivity index (χ2v) is 4.48. The summed E-state index contributed by atoms with van der Waals surface area (Å²) in [5, 5.41) is 0.755. The summed E-state index contributed by atoms with van der Waals surface area (Å²) in [7, 11) is 1.67. The van der Waals surface area contributed by atoms with E-state index < -0.39 is 0 Å². The molecule has 0 saturated heterocycles. The van der Waals surface area contributed by atoms with Crippen LogP contribution in [0.4, 0.5) is 0 Å². The Bertz CT molecular complexity index is 565. The Hall–Kier alpha value is -1.99. The molecule has 19 heavy (non-hydrogen) atoms. The van der Waals surface area contributed by atoms with Crippen LogP contribution < -0.4 is 4.74 Å². The monoisotopic (exact) mass is 270 g/mol. The van der Waals surface area contributed by atoms with Gasteiger partial charge in [0.15, 0.2) is 0 Å². The van der Waals surface area contributed by atoms with E-state index in [4.69, 9.17) is 16.3 Å². The Kier molecular flexibility index (Phi) is 4.82. The third-order valence-electron chi connectivity index (χ3n) is 2.67. The lowest BCUT2D eigenvalue weighted by atomic mass is 10.2. The van der Waals surface area contributed by atoms with E-state index in [1.54, 1.807) is 7.11 Å². The van der Waals surface area contributed by atoms with E-state index in [1.807, 2.05) is 72.8 Å². The van der Waals surface area contributed by atoms with Crippen LogP contribution >= 0.6 is 11.6 Å².